The standard InChI is InChI=1S/C10H13BrN4O/c1-13-10(12)14-6-9(16)15-8-4-2-3-7(11)5-8/h2-5H,6H2,1H3,(H,15,16)(H3,12,13,14). The van der Waals surface area contributed by atoms with Crippen LogP contribution in [-0.4, -0.2) is 25.5 Å². The van der Waals surface area contributed by atoms with E-state index in [0.717, 1.165) is 10.2 Å². The molecule has 6 heteroatoms. The van der Waals surface area contributed by atoms with Crippen molar-refractivity contribution < 1.29 is 4.79 Å². The smallest absolute Gasteiger partial charge is 0.243 e. The van der Waals surface area contributed by atoms with Crippen molar-refractivity contribution in [2.75, 3.05) is 18.9 Å². The predicted molar refractivity (Wildman–Crippen MR) is 68.3 cm³/mol. The molecule has 0 radical (unpaired) electrons. The Bertz CT molecular complexity index is 406. The summed E-state index contributed by atoms with van der Waals surface area (Å²) in [5.74, 6) is 0.0640. The zero-order valence-electron chi connectivity index (χ0n) is 8.83. The van der Waals surface area contributed by atoms with Gasteiger partial charge in [-0.1, -0.05) is 22.0 Å². The number of hydrogen-bond acceptors (Lipinski definition) is 2. The zero-order valence-corrected chi connectivity index (χ0v) is 10.4. The molecule has 5 nitrogen and oxygen atoms in total. The van der Waals surface area contributed by atoms with Crippen molar-refractivity contribution in [2.24, 2.45) is 10.7 Å². The summed E-state index contributed by atoms with van der Waals surface area (Å²) in [4.78, 5) is 15.1. The molecule has 1 rings (SSSR count). The third kappa shape index (κ3) is 4.31. The van der Waals surface area contributed by atoms with Crippen LogP contribution in [-0.2, 0) is 4.79 Å². The van der Waals surface area contributed by atoms with Crippen LogP contribution in [0.5, 0.6) is 0 Å². The minimum Gasteiger partial charge on any atom is -0.370 e. The number of halogens is 1. The van der Waals surface area contributed by atoms with Crippen LogP contribution in [0.2, 0.25) is 0 Å². The summed E-state index contributed by atoms with van der Waals surface area (Å²) in [6, 6.07) is 7.35. The maximum Gasteiger partial charge on any atom is 0.243 e. The molecule has 1 aromatic rings. The average molecular weight is 285 g/mol. The molecule has 0 heterocycles. The van der Waals surface area contributed by atoms with Crippen LogP contribution in [0.1, 0.15) is 0 Å². The molecule has 0 saturated carbocycles. The minimum atomic E-state index is -0.176. The van der Waals surface area contributed by atoms with E-state index in [0.29, 0.717) is 0 Å². The van der Waals surface area contributed by atoms with E-state index in [9.17, 15) is 4.79 Å². The van der Waals surface area contributed by atoms with E-state index in [-0.39, 0.29) is 18.4 Å². The van der Waals surface area contributed by atoms with Crippen LogP contribution in [0.4, 0.5) is 5.69 Å². The maximum atomic E-state index is 11.4. The molecule has 0 unspecified atom stereocenters. The highest BCUT2D eigenvalue weighted by Gasteiger charge is 2.02. The van der Waals surface area contributed by atoms with E-state index in [4.69, 9.17) is 5.73 Å². The van der Waals surface area contributed by atoms with Crippen LogP contribution >= 0.6 is 15.9 Å². The number of amides is 1. The predicted octanol–water partition coefficient (Wildman–Crippen LogP) is 0.922. The Labute approximate surface area is 102 Å². The number of anilines is 1. The summed E-state index contributed by atoms with van der Waals surface area (Å²) < 4.78 is 0.910. The number of carbonyl (C=O) groups excluding carboxylic acids is 1. The zero-order chi connectivity index (χ0) is 12.0. The first-order valence-corrected chi connectivity index (χ1v) is 5.42. The first-order valence-electron chi connectivity index (χ1n) is 4.63. The van der Waals surface area contributed by atoms with Gasteiger partial charge in [0.1, 0.15) is 0 Å². The number of aliphatic imine (C=N–C) groups is 1. The third-order valence-corrected chi connectivity index (χ3v) is 2.27. The summed E-state index contributed by atoms with van der Waals surface area (Å²) in [7, 11) is 1.55. The van der Waals surface area contributed by atoms with Gasteiger partial charge in [0.2, 0.25) is 5.91 Å². The Balaban J connectivity index is 2.46. The summed E-state index contributed by atoms with van der Waals surface area (Å²) in [6.45, 7) is 0.0929. The fourth-order valence-corrected chi connectivity index (χ4v) is 1.42. The van der Waals surface area contributed by atoms with Crippen LogP contribution in [0, 0.1) is 0 Å². The van der Waals surface area contributed by atoms with Gasteiger partial charge in [0.05, 0.1) is 6.54 Å². The Morgan fingerprint density at radius 3 is 2.94 bits per heavy atom. The lowest BCUT2D eigenvalue weighted by Crippen LogP contribution is -2.37. The van der Waals surface area contributed by atoms with Crippen molar-refractivity contribution >= 4 is 33.5 Å². The minimum absolute atomic E-state index is 0.0929. The van der Waals surface area contributed by atoms with Crippen LogP contribution in [0.3, 0.4) is 0 Å². The SMILES string of the molecule is CN=C(N)NCC(=O)Nc1cccc(Br)c1. The largest absolute Gasteiger partial charge is 0.370 e. The number of nitrogens with zero attached hydrogens (tertiary/aromatic N) is 1. The van der Waals surface area contributed by atoms with Crippen LogP contribution in [0.25, 0.3) is 0 Å². The van der Waals surface area contributed by atoms with E-state index in [1.165, 1.54) is 0 Å². The molecule has 86 valence electrons. The number of benzene rings is 1. The van der Waals surface area contributed by atoms with Gasteiger partial charge < -0.3 is 16.4 Å². The molecule has 0 atom stereocenters. The molecule has 0 aromatic heterocycles. The molecule has 0 fully saturated rings. The quantitative estimate of drug-likeness (QED) is 0.571. The van der Waals surface area contributed by atoms with Gasteiger partial charge in [-0.2, -0.15) is 0 Å². The van der Waals surface area contributed by atoms with Crippen molar-refractivity contribution in [1.82, 2.24) is 5.32 Å². The summed E-state index contributed by atoms with van der Waals surface area (Å²) in [6.07, 6.45) is 0. The summed E-state index contributed by atoms with van der Waals surface area (Å²) >= 11 is 3.32. The lowest BCUT2D eigenvalue weighted by molar-refractivity contribution is -0.115. The summed E-state index contributed by atoms with van der Waals surface area (Å²) in [5.41, 5.74) is 6.12. The molecule has 0 aliphatic heterocycles. The molecule has 1 amide bonds. The molecule has 0 spiro atoms. The molecule has 16 heavy (non-hydrogen) atoms. The van der Waals surface area contributed by atoms with E-state index in [1.54, 1.807) is 13.1 Å². The average Bonchev–Trinajstić information content (AvgIpc) is 2.26. The first kappa shape index (κ1) is 12.5. The van der Waals surface area contributed by atoms with Gasteiger partial charge in [0.15, 0.2) is 5.96 Å². The fraction of sp³-hybridized carbons (Fsp3) is 0.200. The van der Waals surface area contributed by atoms with Crippen molar-refractivity contribution in [3.63, 3.8) is 0 Å². The van der Waals surface area contributed by atoms with Gasteiger partial charge in [-0.3, -0.25) is 9.79 Å². The van der Waals surface area contributed by atoms with Gasteiger partial charge >= 0.3 is 0 Å². The van der Waals surface area contributed by atoms with Crippen molar-refractivity contribution in [3.8, 4) is 0 Å². The maximum absolute atomic E-state index is 11.4. The number of hydrogen-bond donors (Lipinski definition) is 3. The molecule has 0 aliphatic rings. The molecule has 0 saturated heterocycles. The molecule has 0 aliphatic carbocycles. The molecule has 4 N–H and O–H groups in total. The second-order valence-electron chi connectivity index (χ2n) is 3.02. The number of carbonyl (C=O) groups is 1. The fourth-order valence-electron chi connectivity index (χ4n) is 1.02. The Hall–Kier alpha value is -1.56. The molecular formula is C10H13BrN4O. The van der Waals surface area contributed by atoms with E-state index < -0.39 is 0 Å². The highest BCUT2D eigenvalue weighted by atomic mass is 79.9. The van der Waals surface area contributed by atoms with Crippen LogP contribution < -0.4 is 16.4 Å². The highest BCUT2D eigenvalue weighted by Crippen LogP contribution is 2.15. The Morgan fingerprint density at radius 2 is 2.31 bits per heavy atom. The lowest BCUT2D eigenvalue weighted by Gasteiger charge is -2.06. The van der Waals surface area contributed by atoms with Crippen molar-refractivity contribution in [3.05, 3.63) is 28.7 Å². The molecule has 0 bridgehead atoms. The van der Waals surface area contributed by atoms with E-state index >= 15 is 0 Å². The normalized spacial score (nSPS) is 11.0. The lowest BCUT2D eigenvalue weighted by atomic mass is 10.3. The number of nitrogens with one attached hydrogen (secondary N) is 2. The second-order valence-corrected chi connectivity index (χ2v) is 3.94. The van der Waals surface area contributed by atoms with Gasteiger partial charge in [0.25, 0.3) is 0 Å². The van der Waals surface area contributed by atoms with Crippen LogP contribution in [0.15, 0.2) is 33.7 Å². The van der Waals surface area contributed by atoms with Crippen molar-refractivity contribution in [2.45, 2.75) is 0 Å². The third-order valence-electron chi connectivity index (χ3n) is 1.78. The van der Waals surface area contributed by atoms with Gasteiger partial charge in [-0.15, -0.1) is 0 Å². The van der Waals surface area contributed by atoms with E-state index in [2.05, 4.69) is 31.6 Å². The highest BCUT2D eigenvalue weighted by molar-refractivity contribution is 9.10. The number of guanidine groups is 1. The summed E-state index contributed by atoms with van der Waals surface area (Å²) in [5, 5.41) is 5.39. The van der Waals surface area contributed by atoms with Gasteiger partial charge in [-0.25, -0.2) is 0 Å². The number of nitrogens with two attached hydrogens (primary N) is 1. The Morgan fingerprint density at radius 1 is 1.56 bits per heavy atom. The monoisotopic (exact) mass is 284 g/mol. The van der Waals surface area contributed by atoms with Crippen molar-refractivity contribution in [1.29, 1.82) is 0 Å². The van der Waals surface area contributed by atoms with Gasteiger partial charge in [0, 0.05) is 17.2 Å². The molecule has 1 aromatic carbocycles. The Kier molecular flexibility index (Phi) is 4.78. The first-order chi connectivity index (χ1) is 7.61. The van der Waals surface area contributed by atoms with Gasteiger partial charge in [-0.05, 0) is 18.2 Å². The second kappa shape index (κ2) is 6.12. The number of rotatable bonds is 3. The molecular weight excluding hydrogens is 272 g/mol. The van der Waals surface area contributed by atoms with E-state index in [1.807, 2.05) is 18.2 Å². The topological polar surface area (TPSA) is 79.5 Å².